The van der Waals surface area contributed by atoms with Crippen molar-refractivity contribution in [3.8, 4) is 0 Å². The molecule has 4 heteroatoms. The summed E-state index contributed by atoms with van der Waals surface area (Å²) >= 11 is 1.67. The summed E-state index contributed by atoms with van der Waals surface area (Å²) < 4.78 is 0. The van der Waals surface area contributed by atoms with Gasteiger partial charge in [-0.1, -0.05) is 11.6 Å². The molecule has 0 bridgehead atoms. The number of anilines is 2. The Kier molecular flexibility index (Phi) is 4.12. The van der Waals surface area contributed by atoms with Gasteiger partial charge in [0, 0.05) is 10.6 Å². The summed E-state index contributed by atoms with van der Waals surface area (Å²) in [5.74, 6) is -0.924. The van der Waals surface area contributed by atoms with Crippen molar-refractivity contribution in [3.63, 3.8) is 0 Å². The monoisotopic (exact) mass is 273 g/mol. The molecule has 0 atom stereocenters. The number of carboxylic acid groups (broad SMARTS) is 1. The maximum Gasteiger partial charge on any atom is 0.337 e. The zero-order valence-electron chi connectivity index (χ0n) is 10.8. The Bertz CT molecular complexity index is 594. The molecule has 0 spiro atoms. The molecule has 0 aliphatic rings. The third kappa shape index (κ3) is 3.29. The average Bonchev–Trinajstić information content (AvgIpc) is 2.41. The van der Waals surface area contributed by atoms with E-state index in [9.17, 15) is 9.90 Å². The molecule has 0 saturated carbocycles. The summed E-state index contributed by atoms with van der Waals surface area (Å²) in [6.07, 6.45) is 2.02. The van der Waals surface area contributed by atoms with E-state index in [2.05, 4.69) is 5.32 Å². The summed E-state index contributed by atoms with van der Waals surface area (Å²) in [4.78, 5) is 12.4. The minimum absolute atomic E-state index is 0.286. The SMILES string of the molecule is CSc1ccc(Nc2ccc(C)cc2C(=O)O)cc1. The van der Waals surface area contributed by atoms with Crippen molar-refractivity contribution in [3.05, 3.63) is 53.6 Å². The van der Waals surface area contributed by atoms with Crippen molar-refractivity contribution < 1.29 is 9.90 Å². The van der Waals surface area contributed by atoms with Gasteiger partial charge in [0.05, 0.1) is 11.3 Å². The number of rotatable bonds is 4. The first-order valence-corrected chi connectivity index (χ1v) is 7.07. The Morgan fingerprint density at radius 2 is 1.84 bits per heavy atom. The van der Waals surface area contributed by atoms with Gasteiger partial charge in [-0.05, 0) is 49.6 Å². The normalized spacial score (nSPS) is 10.2. The molecule has 0 fully saturated rings. The molecule has 0 radical (unpaired) electrons. The summed E-state index contributed by atoms with van der Waals surface area (Å²) in [5.41, 5.74) is 2.70. The van der Waals surface area contributed by atoms with Crippen molar-refractivity contribution in [2.24, 2.45) is 0 Å². The molecule has 0 saturated heterocycles. The van der Waals surface area contributed by atoms with Gasteiger partial charge in [-0.2, -0.15) is 0 Å². The van der Waals surface area contributed by atoms with E-state index in [0.717, 1.165) is 11.3 Å². The van der Waals surface area contributed by atoms with Crippen molar-refractivity contribution in [1.29, 1.82) is 0 Å². The van der Waals surface area contributed by atoms with Gasteiger partial charge in [0.1, 0.15) is 0 Å². The van der Waals surface area contributed by atoms with Crippen LogP contribution in [0.5, 0.6) is 0 Å². The zero-order valence-corrected chi connectivity index (χ0v) is 11.6. The fourth-order valence-electron chi connectivity index (χ4n) is 1.77. The molecule has 2 aromatic rings. The van der Waals surface area contributed by atoms with E-state index in [4.69, 9.17) is 0 Å². The van der Waals surface area contributed by atoms with E-state index >= 15 is 0 Å². The first-order chi connectivity index (χ1) is 9.10. The summed E-state index contributed by atoms with van der Waals surface area (Å²) in [6.45, 7) is 1.88. The highest BCUT2D eigenvalue weighted by Gasteiger charge is 2.10. The number of aryl methyl sites for hydroxylation is 1. The number of aromatic carboxylic acids is 1. The Balaban J connectivity index is 2.29. The van der Waals surface area contributed by atoms with Crippen LogP contribution in [0.25, 0.3) is 0 Å². The second-order valence-corrected chi connectivity index (χ2v) is 5.09. The first-order valence-electron chi connectivity index (χ1n) is 5.85. The lowest BCUT2D eigenvalue weighted by Crippen LogP contribution is -2.03. The van der Waals surface area contributed by atoms with E-state index in [1.54, 1.807) is 23.9 Å². The lowest BCUT2D eigenvalue weighted by Gasteiger charge is -2.10. The predicted molar refractivity (Wildman–Crippen MR) is 79.6 cm³/mol. The number of thioether (sulfide) groups is 1. The number of carboxylic acids is 1. The molecule has 19 heavy (non-hydrogen) atoms. The zero-order chi connectivity index (χ0) is 13.8. The van der Waals surface area contributed by atoms with Crippen LogP contribution < -0.4 is 5.32 Å². The Morgan fingerprint density at radius 1 is 1.16 bits per heavy atom. The molecule has 0 heterocycles. The topological polar surface area (TPSA) is 49.3 Å². The predicted octanol–water partition coefficient (Wildman–Crippen LogP) is 4.16. The van der Waals surface area contributed by atoms with Gasteiger partial charge in [0.25, 0.3) is 0 Å². The van der Waals surface area contributed by atoms with Crippen LogP contribution in [-0.2, 0) is 0 Å². The van der Waals surface area contributed by atoms with Crippen molar-refractivity contribution in [2.75, 3.05) is 11.6 Å². The molecular formula is C15H15NO2S. The van der Waals surface area contributed by atoms with Gasteiger partial charge in [-0.3, -0.25) is 0 Å². The second kappa shape index (κ2) is 5.80. The minimum Gasteiger partial charge on any atom is -0.478 e. The number of nitrogens with one attached hydrogen (secondary N) is 1. The third-order valence-electron chi connectivity index (χ3n) is 2.77. The van der Waals surface area contributed by atoms with E-state index in [0.29, 0.717) is 5.69 Å². The van der Waals surface area contributed by atoms with Crippen LogP contribution in [0.1, 0.15) is 15.9 Å². The molecule has 0 unspecified atom stereocenters. The van der Waals surface area contributed by atoms with Crippen molar-refractivity contribution in [2.45, 2.75) is 11.8 Å². The van der Waals surface area contributed by atoms with Crippen LogP contribution in [0, 0.1) is 6.92 Å². The lowest BCUT2D eigenvalue weighted by atomic mass is 10.1. The molecule has 0 amide bonds. The van der Waals surface area contributed by atoms with E-state index < -0.39 is 5.97 Å². The molecule has 3 nitrogen and oxygen atoms in total. The van der Waals surface area contributed by atoms with Crippen LogP contribution in [0.2, 0.25) is 0 Å². The van der Waals surface area contributed by atoms with Gasteiger partial charge in [-0.15, -0.1) is 11.8 Å². The number of hydrogen-bond acceptors (Lipinski definition) is 3. The molecule has 0 aromatic heterocycles. The maximum absolute atomic E-state index is 11.2. The quantitative estimate of drug-likeness (QED) is 0.821. The third-order valence-corrected chi connectivity index (χ3v) is 3.52. The van der Waals surface area contributed by atoms with Gasteiger partial charge in [-0.25, -0.2) is 4.79 Å². The lowest BCUT2D eigenvalue weighted by molar-refractivity contribution is 0.0698. The first kappa shape index (κ1) is 13.5. The van der Waals surface area contributed by atoms with Crippen LogP contribution in [-0.4, -0.2) is 17.3 Å². The highest BCUT2D eigenvalue weighted by Crippen LogP contribution is 2.24. The number of hydrogen-bond donors (Lipinski definition) is 2. The fourth-order valence-corrected chi connectivity index (χ4v) is 2.18. The molecule has 2 aromatic carbocycles. The minimum atomic E-state index is -0.924. The summed E-state index contributed by atoms with van der Waals surface area (Å²) in [7, 11) is 0. The van der Waals surface area contributed by atoms with Gasteiger partial charge >= 0.3 is 5.97 Å². The number of benzene rings is 2. The molecule has 0 aliphatic carbocycles. The van der Waals surface area contributed by atoms with Crippen LogP contribution in [0.3, 0.4) is 0 Å². The molecule has 0 aliphatic heterocycles. The average molecular weight is 273 g/mol. The van der Waals surface area contributed by atoms with Crippen LogP contribution >= 0.6 is 11.8 Å². The van der Waals surface area contributed by atoms with Crippen LogP contribution in [0.4, 0.5) is 11.4 Å². The van der Waals surface area contributed by atoms with Crippen molar-refractivity contribution >= 4 is 29.1 Å². The smallest absolute Gasteiger partial charge is 0.337 e. The van der Waals surface area contributed by atoms with Crippen molar-refractivity contribution in [1.82, 2.24) is 0 Å². The molecule has 2 N–H and O–H groups in total. The second-order valence-electron chi connectivity index (χ2n) is 4.21. The van der Waals surface area contributed by atoms with E-state index in [-0.39, 0.29) is 5.56 Å². The molecule has 98 valence electrons. The standard InChI is InChI=1S/C15H15NO2S/c1-10-3-8-14(13(9-10)15(17)18)16-11-4-6-12(19-2)7-5-11/h3-9,16H,1-2H3,(H,17,18). The largest absolute Gasteiger partial charge is 0.478 e. The highest BCUT2D eigenvalue weighted by molar-refractivity contribution is 7.98. The number of carbonyl (C=O) groups is 1. The molecule has 2 rings (SSSR count). The van der Waals surface area contributed by atoms with E-state index in [1.807, 2.05) is 43.5 Å². The Labute approximate surface area is 116 Å². The van der Waals surface area contributed by atoms with E-state index in [1.165, 1.54) is 4.90 Å². The Morgan fingerprint density at radius 3 is 2.42 bits per heavy atom. The highest BCUT2D eigenvalue weighted by atomic mass is 32.2. The summed E-state index contributed by atoms with van der Waals surface area (Å²) in [5, 5.41) is 12.3. The van der Waals surface area contributed by atoms with Gasteiger partial charge in [0.2, 0.25) is 0 Å². The Hall–Kier alpha value is -1.94. The summed E-state index contributed by atoms with van der Waals surface area (Å²) in [6, 6.07) is 13.2. The van der Waals surface area contributed by atoms with Gasteiger partial charge in [0.15, 0.2) is 0 Å². The molecular weight excluding hydrogens is 258 g/mol. The fraction of sp³-hybridized carbons (Fsp3) is 0.133. The maximum atomic E-state index is 11.2. The van der Waals surface area contributed by atoms with Crippen LogP contribution in [0.15, 0.2) is 47.4 Å². The van der Waals surface area contributed by atoms with Gasteiger partial charge < -0.3 is 10.4 Å².